The van der Waals surface area contributed by atoms with Crippen LogP contribution < -0.4 is 15.4 Å². The molecule has 2 aliphatic heterocycles. The minimum absolute atomic E-state index is 0.0104. The normalized spacial score (nSPS) is 22.1. The number of carbonyl (C=O) groups is 3. The van der Waals surface area contributed by atoms with Crippen LogP contribution in [0.15, 0.2) is 60.7 Å². The van der Waals surface area contributed by atoms with E-state index >= 15 is 0 Å². The van der Waals surface area contributed by atoms with Crippen LogP contribution in [0, 0.1) is 0 Å². The highest BCUT2D eigenvalue weighted by Gasteiger charge is 2.64. The molecule has 3 heterocycles. The fourth-order valence-corrected chi connectivity index (χ4v) is 6.27. The summed E-state index contributed by atoms with van der Waals surface area (Å²) in [7, 11) is 0. The number of carboxylic acids is 1. The zero-order valence-corrected chi connectivity index (χ0v) is 21.8. The molecule has 2 amide bonds. The summed E-state index contributed by atoms with van der Waals surface area (Å²) in [6.07, 6.45) is 0. The summed E-state index contributed by atoms with van der Waals surface area (Å²) in [6, 6.07) is 14.8. The number of halogens is 1. The third-order valence-electron chi connectivity index (χ3n) is 6.18. The zero-order chi connectivity index (χ0) is 27.0. The first-order valence-corrected chi connectivity index (χ1v) is 12.9. The van der Waals surface area contributed by atoms with Gasteiger partial charge in [-0.1, -0.05) is 48.5 Å². The van der Waals surface area contributed by atoms with Crippen molar-refractivity contribution in [2.24, 2.45) is 0 Å². The molecule has 3 N–H and O–H groups in total. The Morgan fingerprint density at radius 1 is 1.08 bits per heavy atom. The van der Waals surface area contributed by atoms with Crippen LogP contribution in [0.25, 0.3) is 0 Å². The predicted molar refractivity (Wildman–Crippen MR) is 140 cm³/mol. The fraction of sp³-hybridized carbons (Fsp3) is 0.280. The van der Waals surface area contributed by atoms with Crippen molar-refractivity contribution in [1.29, 1.82) is 0 Å². The maximum atomic E-state index is 13.5. The molecule has 0 aliphatic carbocycles. The molecule has 1 aromatic heterocycles. The van der Waals surface area contributed by atoms with E-state index in [4.69, 9.17) is 16.3 Å². The first-order chi connectivity index (χ1) is 18.1. The number of benzene rings is 2. The van der Waals surface area contributed by atoms with E-state index in [1.54, 1.807) is 68.4 Å². The lowest BCUT2D eigenvalue weighted by molar-refractivity contribution is -0.161. The fourth-order valence-electron chi connectivity index (χ4n) is 4.49. The van der Waals surface area contributed by atoms with Gasteiger partial charge in [-0.2, -0.15) is 15.0 Å². The number of nitrogens with zero attached hydrogens (tertiary/aromatic N) is 4. The largest absolute Gasteiger partial charge is 0.480 e. The Labute approximate surface area is 227 Å². The number of nitrogens with one attached hydrogen (secondary N) is 2. The Bertz CT molecular complexity index is 1380. The number of para-hydroxylation sites is 1. The van der Waals surface area contributed by atoms with Crippen LogP contribution in [0.3, 0.4) is 0 Å². The number of carboxylic acid groups (broad SMARTS) is 1. The molecule has 2 saturated heterocycles. The van der Waals surface area contributed by atoms with Gasteiger partial charge in [-0.05, 0) is 43.1 Å². The van der Waals surface area contributed by atoms with Gasteiger partial charge in [0.2, 0.25) is 23.0 Å². The predicted octanol–water partition coefficient (Wildman–Crippen LogP) is 3.10. The number of anilines is 1. The third kappa shape index (κ3) is 4.96. The maximum Gasteiger partial charge on any atom is 0.328 e. The van der Waals surface area contributed by atoms with Gasteiger partial charge in [-0.25, -0.2) is 4.79 Å². The van der Waals surface area contributed by atoms with Gasteiger partial charge in [0.05, 0.1) is 0 Å². The highest BCUT2D eigenvalue weighted by molar-refractivity contribution is 8.01. The van der Waals surface area contributed by atoms with Gasteiger partial charge in [0, 0.05) is 4.75 Å². The average Bonchev–Trinajstić information content (AvgIpc) is 3.14. The van der Waals surface area contributed by atoms with Crippen LogP contribution in [0.5, 0.6) is 11.8 Å². The Kier molecular flexibility index (Phi) is 6.84. The highest BCUT2D eigenvalue weighted by atomic mass is 35.5. The van der Waals surface area contributed by atoms with Crippen LogP contribution in [-0.2, 0) is 14.4 Å². The molecule has 0 saturated carbocycles. The standard InChI is InChI=1S/C25H23ClN6O5S/c1-25(2)17(21(35)36)32-19(34)16(20(32)38-25)27-18(33)15(13-9-5-3-6-10-13)28-23-29-22(26)30-24(31-23)37-14-11-7-4-8-12-14/h3-12,15-17,20H,1-2H3,(H,27,33)(H,35,36)(H,28,29,30,31). The van der Waals surface area contributed by atoms with E-state index in [9.17, 15) is 19.5 Å². The van der Waals surface area contributed by atoms with Crippen molar-refractivity contribution in [3.05, 3.63) is 71.5 Å². The summed E-state index contributed by atoms with van der Waals surface area (Å²) in [6.45, 7) is 3.55. The first-order valence-electron chi connectivity index (χ1n) is 11.6. The van der Waals surface area contributed by atoms with Crippen molar-refractivity contribution in [2.45, 2.75) is 42.1 Å². The van der Waals surface area contributed by atoms with Crippen LogP contribution in [0.4, 0.5) is 5.95 Å². The van der Waals surface area contributed by atoms with Crippen molar-refractivity contribution < 1.29 is 24.2 Å². The number of thioether (sulfide) groups is 1. The number of fused-ring (bicyclic) bond motifs is 1. The summed E-state index contributed by atoms with van der Waals surface area (Å²) >= 11 is 7.45. The highest BCUT2D eigenvalue weighted by Crippen LogP contribution is 2.50. The summed E-state index contributed by atoms with van der Waals surface area (Å²) in [5.74, 6) is -1.56. The molecule has 2 aromatic carbocycles. The number of ether oxygens (including phenoxy) is 1. The minimum Gasteiger partial charge on any atom is -0.480 e. The molecule has 11 nitrogen and oxygen atoms in total. The number of amides is 2. The molecule has 2 fully saturated rings. The van der Waals surface area contributed by atoms with E-state index in [-0.39, 0.29) is 17.2 Å². The van der Waals surface area contributed by atoms with Gasteiger partial charge < -0.3 is 25.4 Å². The van der Waals surface area contributed by atoms with E-state index in [0.29, 0.717) is 11.3 Å². The molecule has 0 bridgehead atoms. The molecule has 196 valence electrons. The second-order valence-electron chi connectivity index (χ2n) is 9.20. The van der Waals surface area contributed by atoms with E-state index in [2.05, 4.69) is 25.6 Å². The Balaban J connectivity index is 1.37. The van der Waals surface area contributed by atoms with E-state index < -0.39 is 46.0 Å². The summed E-state index contributed by atoms with van der Waals surface area (Å²) in [5.41, 5.74) is 0.582. The van der Waals surface area contributed by atoms with E-state index in [1.165, 1.54) is 16.7 Å². The number of aliphatic carboxylic acids is 1. The molecular formula is C25H23ClN6O5S. The number of rotatable bonds is 8. The quantitative estimate of drug-likeness (QED) is 0.355. The van der Waals surface area contributed by atoms with Gasteiger partial charge in [0.1, 0.15) is 29.2 Å². The average molecular weight is 555 g/mol. The number of hydrogen-bond donors (Lipinski definition) is 3. The lowest BCUT2D eigenvalue weighted by Crippen LogP contribution is -2.71. The second-order valence-corrected chi connectivity index (χ2v) is 11.3. The number of hydrogen-bond acceptors (Lipinski definition) is 9. The van der Waals surface area contributed by atoms with Gasteiger partial charge >= 0.3 is 12.0 Å². The smallest absolute Gasteiger partial charge is 0.328 e. The van der Waals surface area contributed by atoms with Gasteiger partial charge in [-0.15, -0.1) is 11.8 Å². The Morgan fingerprint density at radius 2 is 1.74 bits per heavy atom. The lowest BCUT2D eigenvalue weighted by atomic mass is 9.95. The molecule has 0 spiro atoms. The van der Waals surface area contributed by atoms with Crippen molar-refractivity contribution in [3.63, 3.8) is 0 Å². The molecule has 13 heteroatoms. The lowest BCUT2D eigenvalue weighted by Gasteiger charge is -2.44. The van der Waals surface area contributed by atoms with Crippen molar-refractivity contribution in [3.8, 4) is 11.8 Å². The van der Waals surface area contributed by atoms with E-state index in [0.717, 1.165) is 0 Å². The van der Waals surface area contributed by atoms with Crippen molar-refractivity contribution in [1.82, 2.24) is 25.2 Å². The zero-order valence-electron chi connectivity index (χ0n) is 20.2. The van der Waals surface area contributed by atoms with E-state index in [1.807, 2.05) is 6.07 Å². The maximum absolute atomic E-state index is 13.5. The van der Waals surface area contributed by atoms with Crippen molar-refractivity contribution in [2.75, 3.05) is 5.32 Å². The summed E-state index contributed by atoms with van der Waals surface area (Å²) < 4.78 is 4.95. The molecule has 3 aromatic rings. The molecule has 0 radical (unpaired) electrons. The first kappa shape index (κ1) is 25.7. The van der Waals surface area contributed by atoms with Crippen LogP contribution in [0.1, 0.15) is 25.5 Å². The van der Waals surface area contributed by atoms with Gasteiger partial charge in [0.25, 0.3) is 0 Å². The van der Waals surface area contributed by atoms with Gasteiger partial charge in [0.15, 0.2) is 0 Å². The topological polar surface area (TPSA) is 147 Å². The van der Waals surface area contributed by atoms with Crippen LogP contribution in [0.2, 0.25) is 5.28 Å². The Morgan fingerprint density at radius 3 is 2.39 bits per heavy atom. The number of β-lactam (4-membered cyclic amide) rings is 1. The molecule has 5 rings (SSSR count). The SMILES string of the molecule is CC1(C)SC2C(NC(=O)C(Nc3nc(Cl)nc(Oc4ccccc4)n3)c3ccccc3)C(=O)N2C1C(=O)O. The molecule has 4 atom stereocenters. The Hall–Kier alpha value is -3.90. The number of carbonyl (C=O) groups excluding carboxylic acids is 2. The molecule has 38 heavy (non-hydrogen) atoms. The monoisotopic (exact) mass is 554 g/mol. The van der Waals surface area contributed by atoms with Crippen molar-refractivity contribution >= 4 is 47.1 Å². The molecule has 4 unspecified atom stereocenters. The van der Waals surface area contributed by atoms with Crippen LogP contribution in [-0.4, -0.2) is 64.9 Å². The van der Waals surface area contributed by atoms with Crippen LogP contribution >= 0.6 is 23.4 Å². The summed E-state index contributed by atoms with van der Waals surface area (Å²) in [4.78, 5) is 51.9. The minimum atomic E-state index is -1.08. The second kappa shape index (κ2) is 10.1. The van der Waals surface area contributed by atoms with Gasteiger partial charge in [-0.3, -0.25) is 9.59 Å². The third-order valence-corrected chi connectivity index (χ3v) is 7.92. The number of aromatic nitrogens is 3. The molecule has 2 aliphatic rings. The molecular weight excluding hydrogens is 532 g/mol. The summed E-state index contributed by atoms with van der Waals surface area (Å²) in [5, 5.41) is 14.8.